The summed E-state index contributed by atoms with van der Waals surface area (Å²) >= 11 is 5.34. The Morgan fingerprint density at radius 3 is 2.75 bits per heavy atom. The Labute approximate surface area is 136 Å². The lowest BCUT2D eigenvalue weighted by Crippen LogP contribution is -2.41. The van der Waals surface area contributed by atoms with Gasteiger partial charge in [0.1, 0.15) is 0 Å². The molecule has 20 heavy (non-hydrogen) atoms. The average Bonchev–Trinajstić information content (AvgIpc) is 3.00. The van der Waals surface area contributed by atoms with Crippen molar-refractivity contribution in [2.75, 3.05) is 26.7 Å². The number of rotatable bonds is 8. The molecule has 2 rings (SSSR count). The minimum atomic E-state index is 0.511. The molecule has 0 saturated heterocycles. The van der Waals surface area contributed by atoms with E-state index in [4.69, 9.17) is 0 Å². The molecule has 1 saturated carbocycles. The van der Waals surface area contributed by atoms with Gasteiger partial charge in [-0.25, -0.2) is 0 Å². The zero-order chi connectivity index (χ0) is 14.4. The normalized spacial score (nSPS) is 18.0. The van der Waals surface area contributed by atoms with Gasteiger partial charge in [-0.3, -0.25) is 0 Å². The van der Waals surface area contributed by atoms with Crippen LogP contribution in [-0.2, 0) is 6.54 Å². The largest absolute Gasteiger partial charge is 0.316 e. The van der Waals surface area contributed by atoms with E-state index in [2.05, 4.69) is 51.6 Å². The first-order chi connectivity index (χ1) is 9.63. The van der Waals surface area contributed by atoms with Crippen molar-refractivity contribution in [3.63, 3.8) is 0 Å². The zero-order valence-corrected chi connectivity index (χ0v) is 15.2. The molecule has 1 aliphatic carbocycles. The average molecular weight is 359 g/mol. The molecule has 1 N–H and O–H groups in total. The highest BCUT2D eigenvalue weighted by atomic mass is 79.9. The van der Waals surface area contributed by atoms with Gasteiger partial charge in [0.05, 0.1) is 3.79 Å². The van der Waals surface area contributed by atoms with E-state index in [0.29, 0.717) is 5.41 Å². The molecule has 114 valence electrons. The molecule has 4 heteroatoms. The van der Waals surface area contributed by atoms with Crippen molar-refractivity contribution in [2.45, 2.75) is 45.6 Å². The predicted octanol–water partition coefficient (Wildman–Crippen LogP) is 4.50. The summed E-state index contributed by atoms with van der Waals surface area (Å²) in [5.41, 5.74) is 1.94. The second-order valence-electron chi connectivity index (χ2n) is 6.32. The van der Waals surface area contributed by atoms with Gasteiger partial charge < -0.3 is 10.2 Å². The van der Waals surface area contributed by atoms with Gasteiger partial charge in [-0.05, 0) is 71.2 Å². The molecule has 0 radical (unpaired) electrons. The fourth-order valence-corrected chi connectivity index (χ4v) is 4.62. The van der Waals surface area contributed by atoms with E-state index in [0.717, 1.165) is 13.1 Å². The van der Waals surface area contributed by atoms with Crippen molar-refractivity contribution < 1.29 is 0 Å². The van der Waals surface area contributed by atoms with Crippen molar-refractivity contribution in [3.8, 4) is 0 Å². The molecule has 0 atom stereocenters. The molecule has 1 aromatic rings. The number of halogens is 1. The number of hydrogen-bond donors (Lipinski definition) is 1. The summed E-state index contributed by atoms with van der Waals surface area (Å²) in [5.74, 6) is 0. The van der Waals surface area contributed by atoms with Crippen LogP contribution < -0.4 is 5.32 Å². The number of thiophene rings is 1. The van der Waals surface area contributed by atoms with Crippen LogP contribution >= 0.6 is 27.3 Å². The molecule has 0 unspecified atom stereocenters. The Morgan fingerprint density at radius 1 is 1.40 bits per heavy atom. The van der Waals surface area contributed by atoms with E-state index in [1.165, 1.54) is 54.5 Å². The second-order valence-corrected chi connectivity index (χ2v) is 8.61. The topological polar surface area (TPSA) is 15.3 Å². The lowest BCUT2D eigenvalue weighted by molar-refractivity contribution is 0.168. The molecule has 1 aliphatic rings. The van der Waals surface area contributed by atoms with Gasteiger partial charge in [-0.1, -0.05) is 19.8 Å². The highest BCUT2D eigenvalue weighted by Crippen LogP contribution is 2.38. The minimum absolute atomic E-state index is 0.511. The van der Waals surface area contributed by atoms with Crippen molar-refractivity contribution in [2.24, 2.45) is 5.41 Å². The fraction of sp³-hybridized carbons (Fsp3) is 0.750. The SMILES string of the molecule is CCCNCC1(CN(C)Cc2csc(Br)c2)CCCC1. The first kappa shape index (κ1) is 16.5. The summed E-state index contributed by atoms with van der Waals surface area (Å²) in [5, 5.41) is 5.92. The molecule has 0 bridgehead atoms. The lowest BCUT2D eigenvalue weighted by Gasteiger charge is -2.34. The molecule has 1 heterocycles. The predicted molar refractivity (Wildman–Crippen MR) is 92.4 cm³/mol. The van der Waals surface area contributed by atoms with Crippen LogP contribution in [-0.4, -0.2) is 31.6 Å². The van der Waals surface area contributed by atoms with Crippen molar-refractivity contribution >= 4 is 27.3 Å². The highest BCUT2D eigenvalue weighted by molar-refractivity contribution is 9.11. The van der Waals surface area contributed by atoms with E-state index >= 15 is 0 Å². The number of nitrogens with one attached hydrogen (secondary N) is 1. The van der Waals surface area contributed by atoms with Crippen LogP contribution in [0.5, 0.6) is 0 Å². The van der Waals surface area contributed by atoms with Gasteiger partial charge in [0.15, 0.2) is 0 Å². The summed E-state index contributed by atoms with van der Waals surface area (Å²) in [6, 6.07) is 2.25. The molecule has 1 aromatic heterocycles. The first-order valence-corrected chi connectivity index (χ1v) is 9.43. The maximum Gasteiger partial charge on any atom is 0.0701 e. The maximum atomic E-state index is 3.66. The van der Waals surface area contributed by atoms with Crippen LogP contribution in [0.15, 0.2) is 15.2 Å². The second kappa shape index (κ2) is 7.92. The van der Waals surface area contributed by atoms with Crippen molar-refractivity contribution in [1.82, 2.24) is 10.2 Å². The van der Waals surface area contributed by atoms with Crippen molar-refractivity contribution in [3.05, 3.63) is 20.8 Å². The maximum absolute atomic E-state index is 3.66. The van der Waals surface area contributed by atoms with E-state index in [-0.39, 0.29) is 0 Å². The zero-order valence-electron chi connectivity index (χ0n) is 12.8. The number of hydrogen-bond acceptors (Lipinski definition) is 3. The summed E-state index contributed by atoms with van der Waals surface area (Å²) in [4.78, 5) is 2.51. The monoisotopic (exact) mass is 358 g/mol. The van der Waals surface area contributed by atoms with Gasteiger partial charge in [0.2, 0.25) is 0 Å². The van der Waals surface area contributed by atoms with Crippen LogP contribution in [0.25, 0.3) is 0 Å². The van der Waals surface area contributed by atoms with Crippen LogP contribution in [0.4, 0.5) is 0 Å². The molecule has 2 nitrogen and oxygen atoms in total. The first-order valence-electron chi connectivity index (χ1n) is 7.76. The third-order valence-electron chi connectivity index (χ3n) is 4.27. The van der Waals surface area contributed by atoms with Gasteiger partial charge in [0, 0.05) is 19.6 Å². The van der Waals surface area contributed by atoms with Crippen LogP contribution in [0, 0.1) is 5.41 Å². The van der Waals surface area contributed by atoms with E-state index < -0.39 is 0 Å². The van der Waals surface area contributed by atoms with Gasteiger partial charge >= 0.3 is 0 Å². The van der Waals surface area contributed by atoms with Crippen LogP contribution in [0.2, 0.25) is 0 Å². The molecular weight excluding hydrogens is 332 g/mol. The van der Waals surface area contributed by atoms with Crippen LogP contribution in [0.1, 0.15) is 44.6 Å². The summed E-state index contributed by atoms with van der Waals surface area (Å²) in [6.45, 7) is 6.88. The number of nitrogens with zero attached hydrogens (tertiary/aromatic N) is 1. The molecule has 0 amide bonds. The van der Waals surface area contributed by atoms with Gasteiger partial charge in [-0.2, -0.15) is 0 Å². The molecule has 1 fully saturated rings. The molecule has 0 aliphatic heterocycles. The Balaban J connectivity index is 1.86. The smallest absolute Gasteiger partial charge is 0.0701 e. The quantitative estimate of drug-likeness (QED) is 0.688. The highest BCUT2D eigenvalue weighted by Gasteiger charge is 2.34. The van der Waals surface area contributed by atoms with E-state index in [1.54, 1.807) is 11.3 Å². The molecule has 0 spiro atoms. The summed E-state index contributed by atoms with van der Waals surface area (Å²) < 4.78 is 1.24. The van der Waals surface area contributed by atoms with Gasteiger partial charge in [-0.15, -0.1) is 11.3 Å². The van der Waals surface area contributed by atoms with Gasteiger partial charge in [0.25, 0.3) is 0 Å². The van der Waals surface area contributed by atoms with Crippen molar-refractivity contribution in [1.29, 1.82) is 0 Å². The summed E-state index contributed by atoms with van der Waals surface area (Å²) in [7, 11) is 2.27. The standard InChI is InChI=1S/C16H27BrN2S/c1-3-8-18-12-16(6-4-5-7-16)13-19(2)10-14-9-15(17)20-11-14/h9,11,18H,3-8,10,12-13H2,1-2H3. The summed E-state index contributed by atoms with van der Waals surface area (Å²) in [6.07, 6.45) is 6.83. The Morgan fingerprint density at radius 2 is 2.15 bits per heavy atom. The Bertz CT molecular complexity index is 399. The molecular formula is C16H27BrN2S. The van der Waals surface area contributed by atoms with Crippen LogP contribution in [0.3, 0.4) is 0 Å². The third-order valence-corrected chi connectivity index (χ3v) is 5.82. The minimum Gasteiger partial charge on any atom is -0.316 e. The Kier molecular flexibility index (Phi) is 6.53. The lowest BCUT2D eigenvalue weighted by atomic mass is 9.85. The fourth-order valence-electron chi connectivity index (χ4n) is 3.41. The van der Waals surface area contributed by atoms with E-state index in [1.807, 2.05) is 0 Å². The third kappa shape index (κ3) is 4.83. The molecule has 0 aromatic carbocycles. The van der Waals surface area contributed by atoms with E-state index in [9.17, 15) is 0 Å². The Hall–Kier alpha value is 0.100.